The van der Waals surface area contributed by atoms with Crippen LogP contribution in [0.4, 0.5) is 10.1 Å². The van der Waals surface area contributed by atoms with Crippen molar-refractivity contribution in [2.24, 2.45) is 0 Å². The molecule has 0 amide bonds. The van der Waals surface area contributed by atoms with E-state index in [-0.39, 0.29) is 0 Å². The molecule has 106 valence electrons. The van der Waals surface area contributed by atoms with Gasteiger partial charge < -0.3 is 5.73 Å². The Morgan fingerprint density at radius 3 is 2.62 bits per heavy atom. The Hall–Kier alpha value is -2.18. The summed E-state index contributed by atoms with van der Waals surface area (Å²) in [5, 5.41) is 12.1. The minimum Gasteiger partial charge on any atom is -0.398 e. The molecule has 3 rings (SSSR count). The van der Waals surface area contributed by atoms with Crippen LogP contribution in [0.15, 0.2) is 36.4 Å². The molecule has 0 saturated heterocycles. The van der Waals surface area contributed by atoms with Crippen LogP contribution in [0.25, 0.3) is 17.1 Å². The van der Waals surface area contributed by atoms with Crippen LogP contribution in [-0.2, 0) is 0 Å². The molecular weight excluding hydrogens is 316 g/mol. The van der Waals surface area contributed by atoms with E-state index in [9.17, 15) is 4.39 Å². The van der Waals surface area contributed by atoms with Gasteiger partial charge in [0.15, 0.2) is 5.82 Å². The molecule has 0 unspecified atom stereocenters. The zero-order chi connectivity index (χ0) is 15.0. The van der Waals surface area contributed by atoms with Gasteiger partial charge in [0.1, 0.15) is 5.82 Å². The van der Waals surface area contributed by atoms with Crippen molar-refractivity contribution in [3.8, 4) is 17.1 Å². The third kappa shape index (κ3) is 2.55. The highest BCUT2D eigenvalue weighted by atomic mass is 35.5. The molecule has 0 spiro atoms. The first kappa shape index (κ1) is 13.8. The number of hydrogen-bond acceptors (Lipinski definition) is 4. The van der Waals surface area contributed by atoms with Crippen LogP contribution in [0.3, 0.4) is 0 Å². The summed E-state index contributed by atoms with van der Waals surface area (Å²) < 4.78 is 14.8. The van der Waals surface area contributed by atoms with Crippen LogP contribution in [0.2, 0.25) is 10.0 Å². The highest BCUT2D eigenvalue weighted by Crippen LogP contribution is 2.28. The van der Waals surface area contributed by atoms with E-state index in [2.05, 4.69) is 15.5 Å². The predicted octanol–water partition coefficient (Wildman–Crippen LogP) is 3.36. The Bertz CT molecular complexity index is 818. The standard InChI is InChI=1S/C13H8Cl2FN5/c14-9-3-2-8(16)6-12(9)21-13(18-19-20-21)7-1-4-11(17)10(15)5-7/h1-6H,17H2. The Balaban J connectivity index is 2.17. The highest BCUT2D eigenvalue weighted by molar-refractivity contribution is 6.33. The topological polar surface area (TPSA) is 69.6 Å². The maximum atomic E-state index is 13.4. The number of hydrogen-bond donors (Lipinski definition) is 1. The van der Waals surface area contributed by atoms with E-state index in [1.807, 2.05) is 0 Å². The number of nitrogen functional groups attached to an aromatic ring is 1. The predicted molar refractivity (Wildman–Crippen MR) is 79.0 cm³/mol. The van der Waals surface area contributed by atoms with Gasteiger partial charge in [0, 0.05) is 11.6 Å². The fourth-order valence-corrected chi connectivity index (χ4v) is 2.22. The number of rotatable bonds is 2. The fourth-order valence-electron chi connectivity index (χ4n) is 1.84. The average Bonchev–Trinajstić information content (AvgIpc) is 2.93. The van der Waals surface area contributed by atoms with Gasteiger partial charge in [0.25, 0.3) is 0 Å². The maximum absolute atomic E-state index is 13.4. The van der Waals surface area contributed by atoms with E-state index in [4.69, 9.17) is 28.9 Å². The lowest BCUT2D eigenvalue weighted by atomic mass is 10.2. The molecule has 0 atom stereocenters. The van der Waals surface area contributed by atoms with E-state index in [1.54, 1.807) is 18.2 Å². The summed E-state index contributed by atoms with van der Waals surface area (Å²) in [6, 6.07) is 8.94. The first-order valence-electron chi connectivity index (χ1n) is 5.85. The van der Waals surface area contributed by atoms with Gasteiger partial charge in [-0.15, -0.1) is 5.10 Å². The van der Waals surface area contributed by atoms with Gasteiger partial charge in [0.2, 0.25) is 0 Å². The van der Waals surface area contributed by atoms with E-state index >= 15 is 0 Å². The molecule has 8 heteroatoms. The lowest BCUT2D eigenvalue weighted by molar-refractivity contribution is 0.625. The Morgan fingerprint density at radius 1 is 1.05 bits per heavy atom. The summed E-state index contributed by atoms with van der Waals surface area (Å²) >= 11 is 12.1. The molecule has 0 aliphatic rings. The van der Waals surface area contributed by atoms with Gasteiger partial charge in [-0.2, -0.15) is 4.68 Å². The summed E-state index contributed by atoms with van der Waals surface area (Å²) in [6.45, 7) is 0. The first-order valence-corrected chi connectivity index (χ1v) is 6.61. The quantitative estimate of drug-likeness (QED) is 0.734. The normalized spacial score (nSPS) is 10.8. The van der Waals surface area contributed by atoms with Gasteiger partial charge in [0.05, 0.1) is 21.4 Å². The van der Waals surface area contributed by atoms with Crippen LogP contribution < -0.4 is 5.73 Å². The molecule has 2 aromatic carbocycles. The smallest absolute Gasteiger partial charge is 0.187 e. The second kappa shape index (κ2) is 5.31. The van der Waals surface area contributed by atoms with Crippen molar-refractivity contribution in [2.75, 3.05) is 5.73 Å². The number of aromatic nitrogens is 4. The number of anilines is 1. The average molecular weight is 324 g/mol. The van der Waals surface area contributed by atoms with Gasteiger partial charge in [-0.25, -0.2) is 4.39 Å². The molecule has 0 aliphatic heterocycles. The number of halogens is 3. The first-order chi connectivity index (χ1) is 10.1. The Morgan fingerprint density at radius 2 is 1.86 bits per heavy atom. The van der Waals surface area contributed by atoms with Crippen LogP contribution in [0.5, 0.6) is 0 Å². The summed E-state index contributed by atoms with van der Waals surface area (Å²) in [5.74, 6) is -0.0596. The third-order valence-corrected chi connectivity index (χ3v) is 3.51. The lowest BCUT2D eigenvalue weighted by Crippen LogP contribution is -2.01. The van der Waals surface area contributed by atoms with Gasteiger partial charge >= 0.3 is 0 Å². The van der Waals surface area contributed by atoms with Gasteiger partial charge in [-0.1, -0.05) is 23.2 Å². The van der Waals surface area contributed by atoms with Crippen molar-refractivity contribution in [3.05, 3.63) is 52.3 Å². The number of nitrogens with zero attached hydrogens (tertiary/aromatic N) is 4. The van der Waals surface area contributed by atoms with E-state index in [0.717, 1.165) is 0 Å². The fraction of sp³-hybridized carbons (Fsp3) is 0. The Kier molecular flexibility index (Phi) is 3.48. The summed E-state index contributed by atoms with van der Waals surface area (Å²) in [7, 11) is 0. The lowest BCUT2D eigenvalue weighted by Gasteiger charge is -2.07. The largest absolute Gasteiger partial charge is 0.398 e. The minimum atomic E-state index is -0.439. The van der Waals surface area contributed by atoms with Gasteiger partial charge in [-0.05, 0) is 40.8 Å². The molecule has 5 nitrogen and oxygen atoms in total. The zero-order valence-corrected chi connectivity index (χ0v) is 12.0. The molecule has 0 bridgehead atoms. The molecule has 2 N–H and O–H groups in total. The molecule has 0 radical (unpaired) electrons. The zero-order valence-electron chi connectivity index (χ0n) is 10.5. The van der Waals surface area contributed by atoms with Crippen molar-refractivity contribution in [1.29, 1.82) is 0 Å². The molecule has 21 heavy (non-hydrogen) atoms. The van der Waals surface area contributed by atoms with Crippen LogP contribution in [-0.4, -0.2) is 20.2 Å². The van der Waals surface area contributed by atoms with E-state index in [1.165, 1.54) is 22.9 Å². The van der Waals surface area contributed by atoms with Crippen LogP contribution in [0, 0.1) is 5.82 Å². The molecule has 0 saturated carbocycles. The Labute approximate surface area is 129 Å². The molecule has 1 heterocycles. The summed E-state index contributed by atoms with van der Waals surface area (Å²) in [5.41, 5.74) is 7.10. The van der Waals surface area contributed by atoms with Crippen LogP contribution in [0.1, 0.15) is 0 Å². The van der Waals surface area contributed by atoms with Crippen molar-refractivity contribution in [2.45, 2.75) is 0 Å². The second-order valence-electron chi connectivity index (χ2n) is 4.25. The van der Waals surface area contributed by atoms with Gasteiger partial charge in [-0.3, -0.25) is 0 Å². The molecule has 1 aromatic heterocycles. The minimum absolute atomic E-state index is 0.325. The number of tetrazole rings is 1. The molecule has 0 aliphatic carbocycles. The van der Waals surface area contributed by atoms with E-state index < -0.39 is 5.82 Å². The molecule has 0 fully saturated rings. The van der Waals surface area contributed by atoms with Crippen LogP contribution >= 0.6 is 23.2 Å². The third-order valence-electron chi connectivity index (χ3n) is 2.86. The second-order valence-corrected chi connectivity index (χ2v) is 5.06. The molecule has 3 aromatic rings. The number of nitrogens with two attached hydrogens (primary N) is 1. The van der Waals surface area contributed by atoms with Crippen molar-refractivity contribution in [1.82, 2.24) is 20.2 Å². The monoisotopic (exact) mass is 323 g/mol. The molecular formula is C13H8Cl2FN5. The van der Waals surface area contributed by atoms with Crippen molar-refractivity contribution < 1.29 is 4.39 Å². The maximum Gasteiger partial charge on any atom is 0.187 e. The van der Waals surface area contributed by atoms with Crippen molar-refractivity contribution in [3.63, 3.8) is 0 Å². The number of benzene rings is 2. The highest BCUT2D eigenvalue weighted by Gasteiger charge is 2.15. The SMILES string of the molecule is Nc1ccc(-c2nnnn2-c2cc(F)ccc2Cl)cc1Cl. The van der Waals surface area contributed by atoms with E-state index in [0.29, 0.717) is 32.8 Å². The summed E-state index contributed by atoms with van der Waals surface area (Å²) in [4.78, 5) is 0. The summed E-state index contributed by atoms with van der Waals surface area (Å²) in [6.07, 6.45) is 0. The van der Waals surface area contributed by atoms with Crippen molar-refractivity contribution >= 4 is 28.9 Å².